The highest BCUT2D eigenvalue weighted by atomic mass is 33.1. The van der Waals surface area contributed by atoms with Crippen LogP contribution >= 0.6 is 21.6 Å². The molecule has 3 aliphatic carbocycles. The van der Waals surface area contributed by atoms with Crippen molar-refractivity contribution in [2.24, 2.45) is 23.0 Å². The average molecular weight is 727 g/mol. The molecule has 4 heterocycles. The number of rotatable bonds is 3. The number of hydrogen-bond acceptors (Lipinski definition) is 9. The van der Waals surface area contributed by atoms with Gasteiger partial charge in [-0.2, -0.15) is 0 Å². The van der Waals surface area contributed by atoms with Gasteiger partial charge in [-0.05, 0) is 108 Å². The van der Waals surface area contributed by atoms with E-state index in [4.69, 9.17) is 15.5 Å². The molecule has 3 aliphatic heterocycles. The van der Waals surface area contributed by atoms with Gasteiger partial charge in [-0.1, -0.05) is 59.9 Å². The molecule has 8 rings (SSSR count). The van der Waals surface area contributed by atoms with Gasteiger partial charge in [0.05, 0.1) is 48.7 Å². The minimum absolute atomic E-state index is 0.0114. The zero-order valence-electron chi connectivity index (χ0n) is 29.7. The van der Waals surface area contributed by atoms with Crippen LogP contribution in [0.25, 0.3) is 12.2 Å². The maximum atomic E-state index is 13.7. The third-order valence-corrected chi connectivity index (χ3v) is 15.9. The molecule has 8 nitrogen and oxygen atoms in total. The van der Waals surface area contributed by atoms with Gasteiger partial charge in [0.25, 0.3) is 0 Å². The first-order valence-corrected chi connectivity index (χ1v) is 21.2. The smallest absolute Gasteiger partial charge is 0.166 e. The summed E-state index contributed by atoms with van der Waals surface area (Å²) in [6, 6.07) is 3.62. The zero-order valence-corrected chi connectivity index (χ0v) is 31.4. The number of ketones is 2. The van der Waals surface area contributed by atoms with Gasteiger partial charge in [0.15, 0.2) is 17.3 Å². The van der Waals surface area contributed by atoms with Gasteiger partial charge >= 0.3 is 0 Å². The summed E-state index contributed by atoms with van der Waals surface area (Å²) in [6.45, 7) is 2.21. The van der Waals surface area contributed by atoms with Crippen molar-refractivity contribution < 1.29 is 19.4 Å². The van der Waals surface area contributed by atoms with E-state index in [0.29, 0.717) is 47.8 Å². The molecule has 270 valence electrons. The van der Waals surface area contributed by atoms with E-state index in [1.54, 1.807) is 6.07 Å². The molecule has 4 N–H and O–H groups in total. The normalized spacial score (nSPS) is 31.8. The molecule has 0 amide bonds. The van der Waals surface area contributed by atoms with E-state index in [-0.39, 0.29) is 46.6 Å². The van der Waals surface area contributed by atoms with Crippen molar-refractivity contribution in [2.75, 3.05) is 12.9 Å². The lowest BCUT2D eigenvalue weighted by atomic mass is 9.75. The third-order valence-electron chi connectivity index (χ3n) is 12.9. The molecular weight excluding hydrogens is 677 g/mol. The summed E-state index contributed by atoms with van der Waals surface area (Å²) in [6.07, 6.45) is 25.5. The van der Waals surface area contributed by atoms with Gasteiger partial charge < -0.3 is 25.5 Å². The summed E-state index contributed by atoms with van der Waals surface area (Å²) in [5, 5.41) is 14.7. The summed E-state index contributed by atoms with van der Waals surface area (Å²) < 4.78 is 8.02. The van der Waals surface area contributed by atoms with Crippen LogP contribution in [0.3, 0.4) is 0 Å². The Morgan fingerprint density at radius 1 is 1.16 bits per heavy atom. The Bertz CT molecular complexity index is 1840. The maximum absolute atomic E-state index is 13.7. The van der Waals surface area contributed by atoms with Gasteiger partial charge in [0.2, 0.25) is 0 Å². The second-order valence-corrected chi connectivity index (χ2v) is 18.3. The van der Waals surface area contributed by atoms with Gasteiger partial charge in [0, 0.05) is 30.2 Å². The third kappa shape index (κ3) is 6.23. The van der Waals surface area contributed by atoms with Crippen LogP contribution in [0.1, 0.15) is 107 Å². The van der Waals surface area contributed by atoms with Crippen molar-refractivity contribution in [3.63, 3.8) is 0 Å². The predicted octanol–water partition coefficient (Wildman–Crippen LogP) is 8.05. The quantitative estimate of drug-likeness (QED) is 0.213. The molecule has 1 aromatic heterocycles. The Morgan fingerprint density at radius 2 is 2.00 bits per heavy atom. The Hall–Kier alpha value is -3.21. The van der Waals surface area contributed by atoms with Gasteiger partial charge in [0.1, 0.15) is 5.78 Å². The van der Waals surface area contributed by atoms with Gasteiger partial charge in [-0.25, -0.2) is 4.98 Å². The largest absolute Gasteiger partial charge is 0.504 e. The first kappa shape index (κ1) is 34.9. The molecule has 6 atom stereocenters. The van der Waals surface area contributed by atoms with Crippen LogP contribution in [0, 0.1) is 17.3 Å². The first-order valence-electron chi connectivity index (χ1n) is 18.8. The van der Waals surface area contributed by atoms with Crippen LogP contribution in [0.5, 0.6) is 11.5 Å². The van der Waals surface area contributed by atoms with Crippen LogP contribution in [-0.2, 0) is 15.1 Å². The topological polar surface area (TPSA) is 119 Å². The number of benzene rings is 1. The first-order chi connectivity index (χ1) is 24.7. The number of nitrogens with one attached hydrogen (secondary N) is 1. The van der Waals surface area contributed by atoms with Gasteiger partial charge in [-0.15, -0.1) is 0 Å². The number of nitrogens with zero attached hydrogens (tertiary/aromatic N) is 2. The number of dihydropyridines is 1. The molecule has 2 aromatic rings. The second-order valence-electron chi connectivity index (χ2n) is 15.8. The highest BCUT2D eigenvalue weighted by molar-refractivity contribution is 8.77. The molecule has 10 heteroatoms. The van der Waals surface area contributed by atoms with Crippen molar-refractivity contribution >= 4 is 45.3 Å². The number of nitrogens with two attached hydrogens (primary N) is 1. The lowest BCUT2D eigenvalue weighted by Crippen LogP contribution is -2.53. The van der Waals surface area contributed by atoms with Crippen molar-refractivity contribution in [3.8, 4) is 11.5 Å². The number of aromatic nitrogens is 2. The molecule has 0 radical (unpaired) electrons. The van der Waals surface area contributed by atoms with Crippen LogP contribution in [0.15, 0.2) is 59.7 Å². The molecule has 0 saturated heterocycles. The highest BCUT2D eigenvalue weighted by Crippen LogP contribution is 2.65. The number of carbonyl (C=O) groups excluding carboxylic acids is 2. The summed E-state index contributed by atoms with van der Waals surface area (Å²) >= 11 is 0. The Balaban J connectivity index is 1.28. The lowest BCUT2D eigenvalue weighted by molar-refractivity contribution is -0.125. The number of hydrogen-bond donors (Lipinski definition) is 3. The number of allylic oxidation sites excluding steroid dienone is 4. The van der Waals surface area contributed by atoms with E-state index >= 15 is 0 Å². The maximum Gasteiger partial charge on any atom is 0.166 e. The Labute approximate surface area is 309 Å². The molecule has 4 bridgehead atoms. The summed E-state index contributed by atoms with van der Waals surface area (Å²) in [4.78, 5) is 31.7. The van der Waals surface area contributed by atoms with Crippen molar-refractivity contribution in [3.05, 3.63) is 76.5 Å². The van der Waals surface area contributed by atoms with Crippen molar-refractivity contribution in [2.45, 2.75) is 107 Å². The number of fused-ring (bicyclic) bond motifs is 10. The van der Waals surface area contributed by atoms with E-state index in [1.807, 2.05) is 46.1 Å². The van der Waals surface area contributed by atoms with Crippen LogP contribution in [0.2, 0.25) is 0 Å². The SMILES string of the molecule is CCC1CCC(=O)CC(=O)C2=Cc3cc(OC)c(O)cc3C(CC2)C2=CNC(N)C(=C2)C(C23CC4(CCCC4)CC2C=Cc2cncn23)SSC1. The lowest BCUT2D eigenvalue weighted by Gasteiger charge is -2.47. The number of aromatic hydroxyl groups is 1. The number of phenolic OH excluding ortho intramolecular Hbond substituents is 1. The minimum Gasteiger partial charge on any atom is -0.504 e. The Morgan fingerprint density at radius 3 is 2.80 bits per heavy atom. The fourth-order valence-electron chi connectivity index (χ4n) is 10.2. The number of carbonyl (C=O) groups is 2. The molecular formula is C41H50N4O4S2. The fraction of sp³-hybridized carbons (Fsp3) is 0.537. The number of phenols is 1. The molecule has 6 aliphatic rings. The standard InChI is InChI=1S/C41H50N4O4S2/c1-3-25-6-10-31(46)17-35(47)26-7-11-32(33-18-36(48)37(49-2)16-27(33)14-26)28-15-34(39(42)44-20-28)38(51-50-22-25)41-23-40(12-4-5-13-40)19-29(41)8-9-30-21-43-24-45(30)41/h8-9,14-16,18,20-21,24-25,29,32,38-39,44,48H,3-7,10-13,17,19,22-23,42H2,1-2H3. The Kier molecular flexibility index (Phi) is 9.55. The number of methoxy groups -OCH3 is 1. The van der Waals surface area contributed by atoms with E-state index in [1.165, 1.54) is 44.8 Å². The number of ether oxygens (including phenoxy) is 1. The number of imidazole rings is 1. The number of Topliss-reactive ketones (excluding diaryl/α,β-unsaturated/α-hetero) is 2. The van der Waals surface area contributed by atoms with Crippen molar-refractivity contribution in [1.82, 2.24) is 14.9 Å². The molecule has 51 heavy (non-hydrogen) atoms. The van der Waals surface area contributed by atoms with Gasteiger partial charge in [-0.3, -0.25) is 9.59 Å². The van der Waals surface area contributed by atoms with Crippen molar-refractivity contribution in [1.29, 1.82) is 0 Å². The molecule has 1 aromatic carbocycles. The zero-order chi connectivity index (χ0) is 35.3. The van der Waals surface area contributed by atoms with Crippen LogP contribution in [-0.4, -0.2) is 50.5 Å². The van der Waals surface area contributed by atoms with E-state index in [2.05, 4.69) is 41.4 Å². The second kappa shape index (κ2) is 14.0. The summed E-state index contributed by atoms with van der Waals surface area (Å²) in [5.74, 6) is 1.87. The monoisotopic (exact) mass is 726 g/mol. The fourth-order valence-corrected chi connectivity index (χ4v) is 13.9. The summed E-state index contributed by atoms with van der Waals surface area (Å²) in [5.41, 5.74) is 13.1. The van der Waals surface area contributed by atoms with Crippen LogP contribution in [0.4, 0.5) is 0 Å². The minimum atomic E-state index is -0.369. The molecule has 2 saturated carbocycles. The van der Waals surface area contributed by atoms with E-state index in [9.17, 15) is 14.7 Å². The molecule has 2 fully saturated rings. The average Bonchev–Trinajstić information content (AvgIpc) is 3.84. The molecule has 6 unspecified atom stereocenters. The molecule has 1 spiro atoms. The van der Waals surface area contributed by atoms with E-state index in [0.717, 1.165) is 47.4 Å². The van der Waals surface area contributed by atoms with E-state index < -0.39 is 0 Å². The van der Waals surface area contributed by atoms with Crippen LogP contribution < -0.4 is 15.8 Å². The predicted molar refractivity (Wildman–Crippen MR) is 206 cm³/mol. The highest BCUT2D eigenvalue weighted by Gasteiger charge is 2.61. The summed E-state index contributed by atoms with van der Waals surface area (Å²) in [7, 11) is 5.42.